The molecule has 0 fully saturated rings. The van der Waals surface area contributed by atoms with E-state index in [4.69, 9.17) is 5.11 Å². The van der Waals surface area contributed by atoms with E-state index in [0.717, 1.165) is 0 Å². The fraction of sp³-hybridized carbons (Fsp3) is 0.500. The summed E-state index contributed by atoms with van der Waals surface area (Å²) in [6.07, 6.45) is 2.07. The van der Waals surface area contributed by atoms with Crippen molar-refractivity contribution in [3.8, 4) is 0 Å². The molecule has 72 valence electrons. The zero-order chi connectivity index (χ0) is 10.1. The van der Waals surface area contributed by atoms with Crippen LogP contribution in [-0.4, -0.2) is 21.0 Å². The molecule has 0 radical (unpaired) electrons. The van der Waals surface area contributed by atoms with Crippen molar-refractivity contribution in [2.24, 2.45) is 0 Å². The first-order valence-corrected chi connectivity index (χ1v) is 3.95. The molecule has 13 heavy (non-hydrogen) atoms. The maximum Gasteiger partial charge on any atom is 0.409 e. The number of nitrogens with one attached hydrogen (secondary N) is 1. The highest BCUT2D eigenvalue weighted by atomic mass is 16.4. The molecule has 0 atom stereocenters. The third kappa shape index (κ3) is 2.47. The Hall–Kier alpha value is -1.52. The molecule has 0 aromatic carbocycles. The fourth-order valence-corrected chi connectivity index (χ4v) is 0.878. The van der Waals surface area contributed by atoms with Crippen molar-refractivity contribution >= 4 is 11.8 Å². The summed E-state index contributed by atoms with van der Waals surface area (Å²) in [7, 11) is 0. The summed E-state index contributed by atoms with van der Waals surface area (Å²) in [5.41, 5.74) is 0.362. The minimum Gasteiger partial charge on any atom is -0.465 e. The van der Waals surface area contributed by atoms with Gasteiger partial charge in [0.1, 0.15) is 0 Å². The van der Waals surface area contributed by atoms with Crippen LogP contribution in [0.5, 0.6) is 0 Å². The van der Waals surface area contributed by atoms with Gasteiger partial charge in [0.15, 0.2) is 0 Å². The second-order valence-electron chi connectivity index (χ2n) is 3.77. The van der Waals surface area contributed by atoms with Gasteiger partial charge in [0.05, 0.1) is 17.4 Å². The molecule has 1 aromatic heterocycles. The molecule has 0 saturated carbocycles. The maximum absolute atomic E-state index is 10.3. The van der Waals surface area contributed by atoms with Crippen molar-refractivity contribution in [3.05, 3.63) is 12.4 Å². The van der Waals surface area contributed by atoms with Crippen LogP contribution in [0.4, 0.5) is 10.5 Å². The van der Waals surface area contributed by atoms with E-state index in [9.17, 15) is 4.79 Å². The van der Waals surface area contributed by atoms with Crippen molar-refractivity contribution in [3.63, 3.8) is 0 Å². The zero-order valence-corrected chi connectivity index (χ0v) is 7.90. The van der Waals surface area contributed by atoms with Gasteiger partial charge in [-0.3, -0.25) is 10.00 Å². The van der Waals surface area contributed by atoms with Crippen molar-refractivity contribution in [1.29, 1.82) is 0 Å². The Kier molecular flexibility index (Phi) is 2.27. The first kappa shape index (κ1) is 9.57. The van der Waals surface area contributed by atoms with Crippen LogP contribution in [0.25, 0.3) is 0 Å². The summed E-state index contributed by atoms with van der Waals surface area (Å²) in [6, 6.07) is 0. The quantitative estimate of drug-likeness (QED) is 0.696. The lowest BCUT2D eigenvalue weighted by atomic mass is 10.1. The number of anilines is 1. The molecular weight excluding hydrogens is 170 g/mol. The molecule has 0 unspecified atom stereocenters. The van der Waals surface area contributed by atoms with E-state index in [1.54, 1.807) is 10.9 Å². The van der Waals surface area contributed by atoms with Crippen LogP contribution in [0.2, 0.25) is 0 Å². The number of rotatable bonds is 1. The molecule has 0 saturated heterocycles. The average molecular weight is 183 g/mol. The van der Waals surface area contributed by atoms with Gasteiger partial charge in [0.25, 0.3) is 0 Å². The molecule has 0 spiro atoms. The first-order valence-electron chi connectivity index (χ1n) is 3.95. The SMILES string of the molecule is CC(C)(C)n1cc(NC(=O)O)cn1. The van der Waals surface area contributed by atoms with Gasteiger partial charge in [0.2, 0.25) is 0 Å². The predicted molar refractivity (Wildman–Crippen MR) is 48.9 cm³/mol. The first-order chi connectivity index (χ1) is 5.89. The Morgan fingerprint density at radius 1 is 1.62 bits per heavy atom. The zero-order valence-electron chi connectivity index (χ0n) is 7.90. The van der Waals surface area contributed by atoms with Crippen LogP contribution < -0.4 is 5.32 Å². The van der Waals surface area contributed by atoms with Crippen LogP contribution >= 0.6 is 0 Å². The lowest BCUT2D eigenvalue weighted by Crippen LogP contribution is -2.22. The molecule has 1 amide bonds. The number of carboxylic acid groups (broad SMARTS) is 1. The smallest absolute Gasteiger partial charge is 0.409 e. The van der Waals surface area contributed by atoms with Crippen molar-refractivity contribution < 1.29 is 9.90 Å². The fourth-order valence-electron chi connectivity index (χ4n) is 0.878. The Bertz CT molecular complexity index is 311. The lowest BCUT2D eigenvalue weighted by molar-refractivity contribution is 0.209. The number of amides is 1. The van der Waals surface area contributed by atoms with Crippen LogP contribution in [0, 0.1) is 0 Å². The summed E-state index contributed by atoms with van der Waals surface area (Å²) in [6.45, 7) is 5.97. The Morgan fingerprint density at radius 3 is 2.62 bits per heavy atom. The molecule has 0 aliphatic rings. The summed E-state index contributed by atoms with van der Waals surface area (Å²) >= 11 is 0. The number of aromatic nitrogens is 2. The molecule has 0 aliphatic heterocycles. The Balaban J connectivity index is 2.81. The van der Waals surface area contributed by atoms with Crippen LogP contribution in [0.15, 0.2) is 12.4 Å². The highest BCUT2D eigenvalue weighted by molar-refractivity contribution is 5.82. The van der Waals surface area contributed by atoms with E-state index in [1.807, 2.05) is 20.8 Å². The monoisotopic (exact) mass is 183 g/mol. The minimum atomic E-state index is -1.08. The molecule has 1 heterocycles. The van der Waals surface area contributed by atoms with Gasteiger partial charge in [-0.2, -0.15) is 5.10 Å². The Morgan fingerprint density at radius 2 is 2.23 bits per heavy atom. The highest BCUT2D eigenvalue weighted by Gasteiger charge is 2.14. The molecule has 5 heteroatoms. The van der Waals surface area contributed by atoms with E-state index in [2.05, 4.69) is 10.4 Å². The maximum atomic E-state index is 10.3. The van der Waals surface area contributed by atoms with Crippen LogP contribution in [0.3, 0.4) is 0 Å². The summed E-state index contributed by atoms with van der Waals surface area (Å²) in [5, 5.41) is 14.7. The molecule has 1 rings (SSSR count). The molecule has 0 aliphatic carbocycles. The van der Waals surface area contributed by atoms with Gasteiger partial charge in [-0.05, 0) is 20.8 Å². The predicted octanol–water partition coefficient (Wildman–Crippen LogP) is 1.73. The molecule has 5 nitrogen and oxygen atoms in total. The van der Waals surface area contributed by atoms with Gasteiger partial charge >= 0.3 is 6.09 Å². The van der Waals surface area contributed by atoms with Crippen molar-refractivity contribution in [1.82, 2.24) is 9.78 Å². The Labute approximate surface area is 76.4 Å². The van der Waals surface area contributed by atoms with Gasteiger partial charge in [0, 0.05) is 6.20 Å². The number of hydrogen-bond acceptors (Lipinski definition) is 2. The van der Waals surface area contributed by atoms with E-state index in [1.165, 1.54) is 6.20 Å². The number of carbonyl (C=O) groups is 1. The van der Waals surface area contributed by atoms with Crippen molar-refractivity contribution in [2.45, 2.75) is 26.3 Å². The van der Waals surface area contributed by atoms with E-state index in [0.29, 0.717) is 5.69 Å². The van der Waals surface area contributed by atoms with Gasteiger partial charge < -0.3 is 5.11 Å². The third-order valence-electron chi connectivity index (χ3n) is 1.52. The molecule has 0 bridgehead atoms. The molecule has 1 aromatic rings. The van der Waals surface area contributed by atoms with Gasteiger partial charge in [-0.1, -0.05) is 0 Å². The van der Waals surface area contributed by atoms with Crippen LogP contribution in [0.1, 0.15) is 20.8 Å². The summed E-state index contributed by atoms with van der Waals surface area (Å²) < 4.78 is 1.71. The number of nitrogens with zero attached hydrogens (tertiary/aromatic N) is 2. The normalized spacial score (nSPS) is 11.3. The highest BCUT2D eigenvalue weighted by Crippen LogP contribution is 2.15. The van der Waals surface area contributed by atoms with Gasteiger partial charge in [-0.15, -0.1) is 0 Å². The second kappa shape index (κ2) is 3.08. The number of hydrogen-bond donors (Lipinski definition) is 2. The van der Waals surface area contributed by atoms with E-state index >= 15 is 0 Å². The van der Waals surface area contributed by atoms with E-state index in [-0.39, 0.29) is 5.54 Å². The average Bonchev–Trinajstić information content (AvgIpc) is 2.32. The largest absolute Gasteiger partial charge is 0.465 e. The summed E-state index contributed by atoms with van der Waals surface area (Å²) in [5.74, 6) is 0. The second-order valence-corrected chi connectivity index (χ2v) is 3.77. The topological polar surface area (TPSA) is 67.2 Å². The minimum absolute atomic E-state index is 0.127. The standard InChI is InChI=1S/C8H13N3O2/c1-8(2,3)11-5-6(4-9-11)10-7(12)13/h4-5,10H,1-3H3,(H,12,13). The molecule has 2 N–H and O–H groups in total. The lowest BCUT2D eigenvalue weighted by Gasteiger charge is -2.18. The molecular formula is C8H13N3O2. The summed E-state index contributed by atoms with van der Waals surface area (Å²) in [4.78, 5) is 10.3. The van der Waals surface area contributed by atoms with Gasteiger partial charge in [-0.25, -0.2) is 4.79 Å². The van der Waals surface area contributed by atoms with Crippen LogP contribution in [-0.2, 0) is 5.54 Å². The van der Waals surface area contributed by atoms with Crippen molar-refractivity contribution in [2.75, 3.05) is 5.32 Å². The van der Waals surface area contributed by atoms with E-state index < -0.39 is 6.09 Å². The third-order valence-corrected chi connectivity index (χ3v) is 1.52.